The Morgan fingerprint density at radius 3 is 1.67 bits per heavy atom. The van der Waals surface area contributed by atoms with E-state index >= 15 is 0 Å². The molecule has 2 rings (SSSR count). The molecule has 182 valence electrons. The average Bonchev–Trinajstić information content (AvgIpc) is 2.84. The molecule has 7 nitrogen and oxygen atoms in total. The summed E-state index contributed by atoms with van der Waals surface area (Å²) in [6.45, 7) is 7.14. The lowest BCUT2D eigenvalue weighted by Crippen LogP contribution is -2.16. The van der Waals surface area contributed by atoms with E-state index in [1.165, 1.54) is 12.1 Å². The zero-order valence-electron chi connectivity index (χ0n) is 19.8. The molecule has 0 aliphatic rings. The van der Waals surface area contributed by atoms with Gasteiger partial charge in [0.25, 0.3) is 0 Å². The van der Waals surface area contributed by atoms with Gasteiger partial charge in [-0.05, 0) is 67.8 Å². The molecule has 7 heteroatoms. The molecule has 2 aromatic carbocycles. The number of hydrogen-bond donors (Lipinski definition) is 2. The first-order valence-electron chi connectivity index (χ1n) is 11.4. The van der Waals surface area contributed by atoms with E-state index in [-0.39, 0.29) is 24.3 Å². The summed E-state index contributed by atoms with van der Waals surface area (Å²) in [5.74, 6) is 0.139. The SMILES string of the molecule is CCCCOC(=O)c1ccc(O)cc1.CCCCOC(=O)c1ccc(OCC(O)CC)cc1. The Labute approximate surface area is 196 Å². The van der Waals surface area contributed by atoms with Crippen molar-refractivity contribution in [2.75, 3.05) is 19.8 Å². The molecule has 0 heterocycles. The Morgan fingerprint density at radius 2 is 1.24 bits per heavy atom. The number of carbonyl (C=O) groups excluding carboxylic acids is 2. The number of phenolic OH excluding ortho intramolecular Hbond substituents is 1. The maximum Gasteiger partial charge on any atom is 0.338 e. The van der Waals surface area contributed by atoms with E-state index in [0.29, 0.717) is 36.5 Å². The van der Waals surface area contributed by atoms with Gasteiger partial charge in [-0.2, -0.15) is 0 Å². The Morgan fingerprint density at radius 1 is 0.788 bits per heavy atom. The zero-order valence-corrected chi connectivity index (χ0v) is 19.8. The van der Waals surface area contributed by atoms with Gasteiger partial charge in [0.2, 0.25) is 0 Å². The maximum atomic E-state index is 11.6. The molecule has 0 aliphatic heterocycles. The summed E-state index contributed by atoms with van der Waals surface area (Å²) in [5.41, 5.74) is 0.985. The van der Waals surface area contributed by atoms with Crippen LogP contribution in [0.2, 0.25) is 0 Å². The van der Waals surface area contributed by atoms with Crippen molar-refractivity contribution in [3.63, 3.8) is 0 Å². The van der Waals surface area contributed by atoms with Gasteiger partial charge in [0.1, 0.15) is 18.1 Å². The summed E-state index contributed by atoms with van der Waals surface area (Å²) in [6.07, 6.45) is 3.95. The molecule has 0 aromatic heterocycles. The van der Waals surface area contributed by atoms with Gasteiger partial charge in [0.05, 0.1) is 30.4 Å². The van der Waals surface area contributed by atoms with Gasteiger partial charge in [-0.15, -0.1) is 0 Å². The third-order valence-corrected chi connectivity index (χ3v) is 4.57. The molecule has 0 saturated carbocycles. The fourth-order valence-corrected chi connectivity index (χ4v) is 2.38. The van der Waals surface area contributed by atoms with E-state index in [0.717, 1.165) is 25.7 Å². The van der Waals surface area contributed by atoms with Crippen LogP contribution < -0.4 is 4.74 Å². The van der Waals surface area contributed by atoms with Crippen LogP contribution in [0.4, 0.5) is 0 Å². The zero-order chi connectivity index (χ0) is 24.5. The fourth-order valence-electron chi connectivity index (χ4n) is 2.38. The van der Waals surface area contributed by atoms with E-state index in [2.05, 4.69) is 0 Å². The van der Waals surface area contributed by atoms with Crippen molar-refractivity contribution in [3.8, 4) is 11.5 Å². The van der Waals surface area contributed by atoms with Crippen molar-refractivity contribution >= 4 is 11.9 Å². The largest absolute Gasteiger partial charge is 0.508 e. The summed E-state index contributed by atoms with van der Waals surface area (Å²) in [4.78, 5) is 23.0. The van der Waals surface area contributed by atoms with Crippen LogP contribution in [0, 0.1) is 0 Å². The predicted octanol–water partition coefficient (Wildman–Crippen LogP) is 5.14. The van der Waals surface area contributed by atoms with Gasteiger partial charge >= 0.3 is 11.9 Å². The van der Waals surface area contributed by atoms with Gasteiger partial charge in [-0.1, -0.05) is 33.6 Å². The molecule has 0 bridgehead atoms. The number of aromatic hydroxyl groups is 1. The number of aliphatic hydroxyl groups excluding tert-OH is 1. The minimum Gasteiger partial charge on any atom is -0.508 e. The molecule has 2 aromatic rings. The Balaban J connectivity index is 0.000000346. The number of unbranched alkanes of at least 4 members (excludes halogenated alkanes) is 2. The monoisotopic (exact) mass is 460 g/mol. The highest BCUT2D eigenvalue weighted by Gasteiger charge is 2.08. The Bertz CT molecular complexity index is 800. The second-order valence-corrected chi connectivity index (χ2v) is 7.42. The molecule has 0 spiro atoms. The summed E-state index contributed by atoms with van der Waals surface area (Å²) in [5, 5.41) is 18.4. The van der Waals surface area contributed by atoms with Crippen molar-refractivity contribution in [2.24, 2.45) is 0 Å². The first-order chi connectivity index (χ1) is 15.9. The van der Waals surface area contributed by atoms with Crippen molar-refractivity contribution in [2.45, 2.75) is 59.0 Å². The van der Waals surface area contributed by atoms with E-state index in [1.807, 2.05) is 20.8 Å². The number of benzene rings is 2. The summed E-state index contributed by atoms with van der Waals surface area (Å²) in [6, 6.07) is 12.8. The third-order valence-electron chi connectivity index (χ3n) is 4.57. The summed E-state index contributed by atoms with van der Waals surface area (Å²) < 4.78 is 15.5. The number of ether oxygens (including phenoxy) is 3. The lowest BCUT2D eigenvalue weighted by atomic mass is 10.2. The molecule has 1 atom stereocenters. The van der Waals surface area contributed by atoms with Crippen molar-refractivity contribution < 1.29 is 34.0 Å². The van der Waals surface area contributed by atoms with Gasteiger partial charge < -0.3 is 24.4 Å². The number of phenols is 1. The topological polar surface area (TPSA) is 102 Å². The van der Waals surface area contributed by atoms with Crippen LogP contribution in [-0.4, -0.2) is 48.1 Å². The second-order valence-electron chi connectivity index (χ2n) is 7.42. The van der Waals surface area contributed by atoms with Crippen LogP contribution in [0.25, 0.3) is 0 Å². The highest BCUT2D eigenvalue weighted by molar-refractivity contribution is 5.89. The Hall–Kier alpha value is -3.06. The number of hydrogen-bond acceptors (Lipinski definition) is 7. The van der Waals surface area contributed by atoms with Crippen molar-refractivity contribution in [3.05, 3.63) is 59.7 Å². The van der Waals surface area contributed by atoms with Crippen LogP contribution in [0.1, 0.15) is 73.6 Å². The molecular weight excluding hydrogens is 424 g/mol. The number of rotatable bonds is 12. The van der Waals surface area contributed by atoms with Crippen LogP contribution in [-0.2, 0) is 9.47 Å². The minimum absolute atomic E-state index is 0.148. The first kappa shape index (κ1) is 28.0. The summed E-state index contributed by atoms with van der Waals surface area (Å²) in [7, 11) is 0. The van der Waals surface area contributed by atoms with Gasteiger partial charge in [-0.25, -0.2) is 9.59 Å². The average molecular weight is 461 g/mol. The first-order valence-corrected chi connectivity index (χ1v) is 11.4. The van der Waals surface area contributed by atoms with Crippen LogP contribution in [0.3, 0.4) is 0 Å². The number of aliphatic hydroxyl groups is 1. The van der Waals surface area contributed by atoms with Gasteiger partial charge in [-0.3, -0.25) is 0 Å². The van der Waals surface area contributed by atoms with Crippen LogP contribution >= 0.6 is 0 Å². The van der Waals surface area contributed by atoms with E-state index in [1.54, 1.807) is 36.4 Å². The van der Waals surface area contributed by atoms with Gasteiger partial charge in [0.15, 0.2) is 0 Å². The third kappa shape index (κ3) is 11.9. The molecule has 0 amide bonds. The Kier molecular flexibility index (Phi) is 14.0. The van der Waals surface area contributed by atoms with Crippen LogP contribution in [0.15, 0.2) is 48.5 Å². The van der Waals surface area contributed by atoms with Gasteiger partial charge in [0, 0.05) is 0 Å². The molecule has 33 heavy (non-hydrogen) atoms. The number of carbonyl (C=O) groups is 2. The molecule has 0 radical (unpaired) electrons. The minimum atomic E-state index is -0.460. The van der Waals surface area contributed by atoms with E-state index in [4.69, 9.17) is 19.3 Å². The maximum absolute atomic E-state index is 11.6. The standard InChI is InChI=1S/C15H22O4.C11H14O3/c1-3-5-10-18-15(17)12-6-8-14(9-7-12)19-11-13(16)4-2;1-2-3-8-14-11(13)9-4-6-10(12)7-5-9/h6-9,13,16H,3-5,10-11H2,1-2H3;4-7,12H,2-3,8H2,1H3. The smallest absolute Gasteiger partial charge is 0.338 e. The number of esters is 2. The molecule has 1 unspecified atom stereocenters. The predicted molar refractivity (Wildman–Crippen MR) is 127 cm³/mol. The van der Waals surface area contributed by atoms with E-state index < -0.39 is 6.10 Å². The van der Waals surface area contributed by atoms with Crippen molar-refractivity contribution in [1.29, 1.82) is 0 Å². The molecular formula is C26H36O7. The lowest BCUT2D eigenvalue weighted by molar-refractivity contribution is 0.0490. The fraction of sp³-hybridized carbons (Fsp3) is 0.462. The highest BCUT2D eigenvalue weighted by Crippen LogP contribution is 2.14. The summed E-state index contributed by atoms with van der Waals surface area (Å²) >= 11 is 0. The van der Waals surface area contributed by atoms with Crippen molar-refractivity contribution in [1.82, 2.24) is 0 Å². The normalized spacial score (nSPS) is 11.0. The van der Waals surface area contributed by atoms with Crippen LogP contribution in [0.5, 0.6) is 11.5 Å². The van der Waals surface area contributed by atoms with E-state index in [9.17, 15) is 14.7 Å². The molecule has 0 fully saturated rings. The quantitative estimate of drug-likeness (QED) is 0.334. The highest BCUT2D eigenvalue weighted by atomic mass is 16.5. The molecule has 0 saturated heterocycles. The molecule has 0 aliphatic carbocycles. The lowest BCUT2D eigenvalue weighted by Gasteiger charge is -2.10. The second kappa shape index (κ2) is 16.6. The molecule has 2 N–H and O–H groups in total.